The van der Waals surface area contributed by atoms with Crippen LogP contribution in [0, 0.1) is 0 Å². The van der Waals surface area contributed by atoms with Crippen molar-refractivity contribution in [3.8, 4) is 5.88 Å². The number of Topliss-reactive ketones (excluding diaryl/α,β-unsaturated/α-hetero) is 1. The van der Waals surface area contributed by atoms with E-state index in [1.165, 1.54) is 19.2 Å². The van der Waals surface area contributed by atoms with Gasteiger partial charge in [0.05, 0.1) is 18.5 Å². The minimum absolute atomic E-state index is 0.0353. The van der Waals surface area contributed by atoms with Crippen LogP contribution in [-0.4, -0.2) is 46.0 Å². The van der Waals surface area contributed by atoms with Crippen LogP contribution in [0.15, 0.2) is 30.5 Å². The Hall–Kier alpha value is -2.19. The number of hydrogen-bond donors (Lipinski definition) is 3. The molecule has 0 aliphatic carbocycles. The van der Waals surface area contributed by atoms with Crippen LogP contribution in [0.3, 0.4) is 0 Å². The fourth-order valence-electron chi connectivity index (χ4n) is 2.36. The van der Waals surface area contributed by atoms with E-state index in [9.17, 15) is 19.7 Å². The molecule has 0 aromatic carbocycles. The molecule has 122 valence electrons. The summed E-state index contributed by atoms with van der Waals surface area (Å²) >= 11 is 0. The van der Waals surface area contributed by atoms with Crippen molar-refractivity contribution in [1.82, 2.24) is 10.3 Å². The van der Waals surface area contributed by atoms with Crippen molar-refractivity contribution >= 4 is 18.8 Å². The molecule has 1 aromatic rings. The minimum Gasteiger partial charge on any atom is -0.493 e. The summed E-state index contributed by atoms with van der Waals surface area (Å²) < 4.78 is 5.39. The lowest BCUT2D eigenvalue weighted by Gasteiger charge is -2.20. The van der Waals surface area contributed by atoms with Gasteiger partial charge in [-0.25, -0.2) is 4.98 Å². The third kappa shape index (κ3) is 5.50. The average Bonchev–Trinajstić information content (AvgIpc) is 2.60. The maximum Gasteiger partial charge on any atom is 0.478 e. The Balaban J connectivity index is 1.90. The van der Waals surface area contributed by atoms with Gasteiger partial charge < -0.3 is 20.1 Å². The van der Waals surface area contributed by atoms with E-state index in [4.69, 9.17) is 4.65 Å². The normalized spacial score (nSPS) is 20.9. The number of hydrogen-bond acceptors (Lipinski definition) is 6. The van der Waals surface area contributed by atoms with Gasteiger partial charge in [-0.1, -0.05) is 12.2 Å². The second-order valence-electron chi connectivity index (χ2n) is 5.51. The summed E-state index contributed by atoms with van der Waals surface area (Å²) in [4.78, 5) is 26.8. The predicted octanol–water partition coefficient (Wildman–Crippen LogP) is 0.158. The van der Waals surface area contributed by atoms with Gasteiger partial charge in [-0.3, -0.25) is 9.59 Å². The van der Waals surface area contributed by atoms with E-state index in [1.807, 2.05) is 0 Å². The van der Waals surface area contributed by atoms with Crippen molar-refractivity contribution < 1.29 is 24.4 Å². The number of amides is 1. The molecule has 0 spiro atoms. The molecular weight excluding hydrogens is 299 g/mol. The molecule has 1 aliphatic heterocycles. The van der Waals surface area contributed by atoms with Crippen molar-refractivity contribution in [2.45, 2.75) is 38.2 Å². The topological polar surface area (TPSA) is 109 Å². The zero-order valence-corrected chi connectivity index (χ0v) is 12.8. The van der Waals surface area contributed by atoms with Gasteiger partial charge in [0.25, 0.3) is 0 Å². The van der Waals surface area contributed by atoms with Crippen LogP contribution in [-0.2, 0) is 20.7 Å². The van der Waals surface area contributed by atoms with Gasteiger partial charge in [-0.2, -0.15) is 0 Å². The molecule has 8 heteroatoms. The molecule has 3 N–H and O–H groups in total. The lowest BCUT2D eigenvalue weighted by molar-refractivity contribution is -0.121. The number of aromatic nitrogens is 1. The smallest absolute Gasteiger partial charge is 0.478 e. The molecule has 1 amide bonds. The average molecular weight is 318 g/mol. The van der Waals surface area contributed by atoms with E-state index in [-0.39, 0.29) is 30.4 Å². The zero-order chi connectivity index (χ0) is 16.8. The van der Waals surface area contributed by atoms with Crippen LogP contribution >= 0.6 is 0 Å². The highest BCUT2D eigenvalue weighted by Crippen LogP contribution is 2.13. The molecule has 2 atom stereocenters. The number of nitrogens with zero attached hydrogens (tertiary/aromatic N) is 1. The Bertz CT molecular complexity index is 607. The van der Waals surface area contributed by atoms with E-state index in [0.717, 1.165) is 0 Å². The second kappa shape index (κ2) is 7.89. The van der Waals surface area contributed by atoms with Crippen LogP contribution in [0.25, 0.3) is 0 Å². The zero-order valence-electron chi connectivity index (χ0n) is 12.8. The highest BCUT2D eigenvalue weighted by molar-refractivity contribution is 6.45. The molecule has 0 bridgehead atoms. The van der Waals surface area contributed by atoms with Crippen molar-refractivity contribution in [3.05, 3.63) is 36.0 Å². The Kier molecular flexibility index (Phi) is 5.89. The molecule has 1 aromatic heterocycles. The van der Waals surface area contributed by atoms with E-state index < -0.39 is 19.2 Å². The van der Waals surface area contributed by atoms with Crippen LogP contribution in [0.4, 0.5) is 0 Å². The highest BCUT2D eigenvalue weighted by Gasteiger charge is 2.32. The molecule has 0 fully saturated rings. The lowest BCUT2D eigenvalue weighted by Crippen LogP contribution is -2.48. The molecular formula is C15H19BN2O5. The fourth-order valence-corrected chi connectivity index (χ4v) is 2.36. The quantitative estimate of drug-likeness (QED) is 0.527. The Morgan fingerprint density at radius 2 is 2.30 bits per heavy atom. The van der Waals surface area contributed by atoms with Gasteiger partial charge in [0.1, 0.15) is 5.78 Å². The molecule has 0 unspecified atom stereocenters. The Morgan fingerprint density at radius 3 is 3.00 bits per heavy atom. The number of carbonyl (C=O) groups excluding carboxylic acids is 2. The standard InChI is InChI=1S/C15H19BN2O5/c1-10(19)7-12-3-2-4-13(16(22)23-12)18-15(21)9-11-5-6-17-14(20)8-11/h2-3,5-6,8,12-13,22H,4,7,9H2,1H3,(H,17,20)(H,18,21)/t12-,13+/m1/s1. The summed E-state index contributed by atoms with van der Waals surface area (Å²) in [7, 11) is -1.19. The summed E-state index contributed by atoms with van der Waals surface area (Å²) in [6, 6.07) is 3.03. The molecule has 2 rings (SSSR count). The van der Waals surface area contributed by atoms with Gasteiger partial charge in [-0.05, 0) is 25.0 Å². The first kappa shape index (κ1) is 17.2. The molecule has 0 radical (unpaired) electrons. The predicted molar refractivity (Wildman–Crippen MR) is 83.4 cm³/mol. The van der Waals surface area contributed by atoms with Gasteiger partial charge in [0, 0.05) is 18.7 Å². The van der Waals surface area contributed by atoms with Crippen LogP contribution < -0.4 is 5.32 Å². The van der Waals surface area contributed by atoms with E-state index in [0.29, 0.717) is 12.0 Å². The number of carbonyl (C=O) groups is 2. The molecule has 7 nitrogen and oxygen atoms in total. The van der Waals surface area contributed by atoms with E-state index in [2.05, 4.69) is 10.3 Å². The van der Waals surface area contributed by atoms with Crippen LogP contribution in [0.5, 0.6) is 5.88 Å². The molecule has 23 heavy (non-hydrogen) atoms. The highest BCUT2D eigenvalue weighted by atomic mass is 16.5. The Labute approximate surface area is 134 Å². The largest absolute Gasteiger partial charge is 0.493 e. The summed E-state index contributed by atoms with van der Waals surface area (Å²) in [5.74, 6) is -1.08. The summed E-state index contributed by atoms with van der Waals surface area (Å²) in [5, 5.41) is 22.0. The number of ketones is 1. The fraction of sp³-hybridized carbons (Fsp3) is 0.400. The maximum atomic E-state index is 12.1. The van der Waals surface area contributed by atoms with Crippen LogP contribution in [0.2, 0.25) is 0 Å². The first-order chi connectivity index (χ1) is 10.9. The third-order valence-electron chi connectivity index (χ3n) is 3.41. The van der Waals surface area contributed by atoms with E-state index >= 15 is 0 Å². The van der Waals surface area contributed by atoms with Crippen molar-refractivity contribution in [2.75, 3.05) is 0 Å². The van der Waals surface area contributed by atoms with Crippen molar-refractivity contribution in [1.29, 1.82) is 0 Å². The first-order valence-corrected chi connectivity index (χ1v) is 7.37. The number of aromatic hydroxyl groups is 1. The molecule has 2 heterocycles. The van der Waals surface area contributed by atoms with E-state index in [1.54, 1.807) is 18.2 Å². The monoisotopic (exact) mass is 318 g/mol. The molecule has 1 aliphatic rings. The van der Waals surface area contributed by atoms with Crippen LogP contribution in [0.1, 0.15) is 25.3 Å². The van der Waals surface area contributed by atoms with Gasteiger partial charge in [-0.15, -0.1) is 0 Å². The maximum absolute atomic E-state index is 12.1. The summed E-state index contributed by atoms with van der Waals surface area (Å²) in [6.07, 6.45) is 5.08. The first-order valence-electron chi connectivity index (χ1n) is 7.37. The summed E-state index contributed by atoms with van der Waals surface area (Å²) in [6.45, 7) is 1.46. The van der Waals surface area contributed by atoms with Crippen molar-refractivity contribution in [3.63, 3.8) is 0 Å². The number of pyridine rings is 1. The number of rotatable bonds is 5. The minimum atomic E-state index is -1.19. The second-order valence-corrected chi connectivity index (χ2v) is 5.51. The molecule has 0 saturated heterocycles. The number of nitrogens with one attached hydrogen (secondary N) is 1. The SMILES string of the molecule is CC(=O)C[C@H]1C=CC[C@H](NC(=O)Cc2ccnc(O)c2)B(O)O1. The van der Waals surface area contributed by atoms with Crippen molar-refractivity contribution in [2.24, 2.45) is 0 Å². The third-order valence-corrected chi connectivity index (χ3v) is 3.41. The van der Waals surface area contributed by atoms with Gasteiger partial charge >= 0.3 is 7.12 Å². The molecule has 0 saturated carbocycles. The Morgan fingerprint density at radius 1 is 1.52 bits per heavy atom. The summed E-state index contributed by atoms with van der Waals surface area (Å²) in [5.41, 5.74) is 0.615. The van der Waals surface area contributed by atoms with Gasteiger partial charge in [0.15, 0.2) is 0 Å². The van der Waals surface area contributed by atoms with Gasteiger partial charge in [0.2, 0.25) is 11.8 Å². The lowest BCUT2D eigenvalue weighted by atomic mass is 9.77.